The van der Waals surface area contributed by atoms with E-state index in [0.29, 0.717) is 5.56 Å². The average molecular weight is 281 g/mol. The third-order valence-electron chi connectivity index (χ3n) is 2.83. The van der Waals surface area contributed by atoms with Crippen molar-refractivity contribution in [3.8, 4) is 11.5 Å². The van der Waals surface area contributed by atoms with Gasteiger partial charge >= 0.3 is 0 Å². The minimum atomic E-state index is -0.856. The Morgan fingerprint density at radius 2 is 1.90 bits per heavy atom. The van der Waals surface area contributed by atoms with Crippen LogP contribution in [0.25, 0.3) is 0 Å². The molecule has 0 aliphatic rings. The van der Waals surface area contributed by atoms with Crippen molar-refractivity contribution >= 4 is 11.8 Å². The maximum absolute atomic E-state index is 11.8. The minimum absolute atomic E-state index is 0.181. The summed E-state index contributed by atoms with van der Waals surface area (Å²) in [7, 11) is 1.48. The van der Waals surface area contributed by atoms with Crippen LogP contribution in [-0.4, -0.2) is 41.2 Å². The Morgan fingerprint density at radius 1 is 1.25 bits per heavy atom. The molecule has 7 nitrogen and oxygen atoms in total. The van der Waals surface area contributed by atoms with Crippen LogP contribution in [0.15, 0.2) is 18.2 Å². The lowest BCUT2D eigenvalue weighted by molar-refractivity contribution is -0.128. The van der Waals surface area contributed by atoms with Gasteiger partial charge in [0, 0.05) is 7.05 Å². The molecule has 2 atom stereocenters. The quantitative estimate of drug-likeness (QED) is 0.453. The van der Waals surface area contributed by atoms with Crippen molar-refractivity contribution in [1.82, 2.24) is 10.6 Å². The van der Waals surface area contributed by atoms with Crippen LogP contribution in [0, 0.1) is 0 Å². The van der Waals surface area contributed by atoms with Gasteiger partial charge in [0.1, 0.15) is 6.04 Å². The van der Waals surface area contributed by atoms with Crippen LogP contribution in [0.1, 0.15) is 12.5 Å². The molecule has 0 fully saturated rings. The molecule has 0 aliphatic carbocycles. The van der Waals surface area contributed by atoms with Crippen molar-refractivity contribution in [3.63, 3.8) is 0 Å². The summed E-state index contributed by atoms with van der Waals surface area (Å²) in [6, 6.07) is 2.69. The second-order valence-electron chi connectivity index (χ2n) is 4.48. The van der Waals surface area contributed by atoms with Crippen molar-refractivity contribution in [2.45, 2.75) is 25.4 Å². The summed E-state index contributed by atoms with van der Waals surface area (Å²) >= 11 is 0. The number of hydrogen-bond donors (Lipinski definition) is 5. The summed E-state index contributed by atoms with van der Waals surface area (Å²) in [4.78, 5) is 23.1. The van der Waals surface area contributed by atoms with Gasteiger partial charge in [-0.1, -0.05) is 6.07 Å². The number of amides is 2. The summed E-state index contributed by atoms with van der Waals surface area (Å²) < 4.78 is 0. The molecule has 1 aromatic rings. The molecule has 0 saturated carbocycles. The number of hydrogen-bond acceptors (Lipinski definition) is 5. The molecule has 0 aliphatic heterocycles. The van der Waals surface area contributed by atoms with Crippen LogP contribution >= 0.6 is 0 Å². The van der Waals surface area contributed by atoms with Crippen molar-refractivity contribution in [2.75, 3.05) is 7.05 Å². The van der Waals surface area contributed by atoms with Crippen LogP contribution in [0.4, 0.5) is 0 Å². The maximum Gasteiger partial charge on any atom is 0.242 e. The Kier molecular flexibility index (Phi) is 5.33. The van der Waals surface area contributed by atoms with Crippen LogP contribution < -0.4 is 16.4 Å². The number of carbonyl (C=O) groups excluding carboxylic acids is 2. The fourth-order valence-corrected chi connectivity index (χ4v) is 1.65. The topological polar surface area (TPSA) is 125 Å². The molecule has 0 saturated heterocycles. The van der Waals surface area contributed by atoms with Gasteiger partial charge in [-0.05, 0) is 31.0 Å². The minimum Gasteiger partial charge on any atom is -0.504 e. The summed E-state index contributed by atoms with van der Waals surface area (Å²) in [6.07, 6.45) is 0.181. The monoisotopic (exact) mass is 281 g/mol. The number of likely N-dealkylation sites (N-methyl/N-ethyl adjacent to an activating group) is 1. The van der Waals surface area contributed by atoms with E-state index in [1.807, 2.05) is 0 Å². The molecule has 1 unspecified atom stereocenters. The zero-order valence-electron chi connectivity index (χ0n) is 11.4. The van der Waals surface area contributed by atoms with E-state index < -0.39 is 18.0 Å². The first-order chi connectivity index (χ1) is 9.35. The van der Waals surface area contributed by atoms with Crippen molar-refractivity contribution in [3.05, 3.63) is 23.8 Å². The largest absolute Gasteiger partial charge is 0.504 e. The van der Waals surface area contributed by atoms with Gasteiger partial charge in [-0.25, -0.2) is 0 Å². The second kappa shape index (κ2) is 6.76. The van der Waals surface area contributed by atoms with Gasteiger partial charge in [0.25, 0.3) is 0 Å². The smallest absolute Gasteiger partial charge is 0.242 e. The predicted molar refractivity (Wildman–Crippen MR) is 73.1 cm³/mol. The first kappa shape index (κ1) is 15.8. The highest BCUT2D eigenvalue weighted by atomic mass is 16.3. The summed E-state index contributed by atoms with van der Waals surface area (Å²) in [6.45, 7) is 1.55. The Labute approximate surface area is 116 Å². The highest BCUT2D eigenvalue weighted by Gasteiger charge is 2.19. The predicted octanol–water partition coefficient (Wildman–Crippen LogP) is -0.782. The van der Waals surface area contributed by atoms with Gasteiger partial charge < -0.3 is 26.6 Å². The molecular weight excluding hydrogens is 262 g/mol. The van der Waals surface area contributed by atoms with Gasteiger partial charge in [-0.15, -0.1) is 0 Å². The molecular formula is C13H19N3O4. The number of carbonyl (C=O) groups is 2. The Bertz CT molecular complexity index is 504. The first-order valence-electron chi connectivity index (χ1n) is 6.13. The first-order valence-corrected chi connectivity index (χ1v) is 6.13. The van der Waals surface area contributed by atoms with Crippen molar-refractivity contribution in [1.29, 1.82) is 0 Å². The second-order valence-corrected chi connectivity index (χ2v) is 4.48. The molecule has 0 bridgehead atoms. The lowest BCUT2D eigenvalue weighted by atomic mass is 10.0. The molecule has 6 N–H and O–H groups in total. The number of phenols is 2. The van der Waals surface area contributed by atoms with Gasteiger partial charge in [-0.3, -0.25) is 9.59 Å². The zero-order valence-corrected chi connectivity index (χ0v) is 11.4. The third kappa shape index (κ3) is 4.13. The molecule has 1 rings (SSSR count). The molecule has 0 heterocycles. The van der Waals surface area contributed by atoms with Crippen LogP contribution in [0.2, 0.25) is 0 Å². The van der Waals surface area contributed by atoms with E-state index in [0.717, 1.165) is 0 Å². The lowest BCUT2D eigenvalue weighted by Crippen LogP contribution is -2.50. The number of rotatable bonds is 5. The standard InChI is InChI=1S/C13H19N3O4/c1-7(12(19)15-2)16-13(20)9(14)5-8-3-4-10(17)11(18)6-8/h3-4,6-7,9,17-18H,5,14H2,1-2H3,(H,15,19)(H,16,20)/t7?,9-/m0/s1. The maximum atomic E-state index is 11.8. The fourth-order valence-electron chi connectivity index (χ4n) is 1.65. The van der Waals surface area contributed by atoms with E-state index >= 15 is 0 Å². The van der Waals surface area contributed by atoms with E-state index in [-0.39, 0.29) is 23.8 Å². The molecule has 0 radical (unpaired) electrons. The highest BCUT2D eigenvalue weighted by molar-refractivity contribution is 5.89. The lowest BCUT2D eigenvalue weighted by Gasteiger charge is -2.16. The van der Waals surface area contributed by atoms with Crippen molar-refractivity contribution < 1.29 is 19.8 Å². The van der Waals surface area contributed by atoms with Gasteiger partial charge in [0.05, 0.1) is 6.04 Å². The molecule has 20 heavy (non-hydrogen) atoms. The normalized spacial score (nSPS) is 13.3. The SMILES string of the molecule is CNC(=O)C(C)NC(=O)[C@@H](N)Cc1ccc(O)c(O)c1. The van der Waals surface area contributed by atoms with Crippen LogP contribution in [0.3, 0.4) is 0 Å². The molecule has 110 valence electrons. The van der Waals surface area contributed by atoms with Crippen LogP contribution in [-0.2, 0) is 16.0 Å². The van der Waals surface area contributed by atoms with E-state index in [9.17, 15) is 19.8 Å². The Balaban J connectivity index is 2.61. The number of benzene rings is 1. The Morgan fingerprint density at radius 3 is 2.45 bits per heavy atom. The number of nitrogens with one attached hydrogen (secondary N) is 2. The zero-order chi connectivity index (χ0) is 15.3. The van der Waals surface area contributed by atoms with Gasteiger partial charge in [-0.2, -0.15) is 0 Å². The fraction of sp³-hybridized carbons (Fsp3) is 0.385. The number of phenolic OH excluding ortho intramolecular Hbond substituents is 2. The van der Waals surface area contributed by atoms with E-state index in [1.165, 1.54) is 19.2 Å². The molecule has 1 aromatic carbocycles. The number of aromatic hydroxyl groups is 2. The average Bonchev–Trinajstić information content (AvgIpc) is 2.41. The molecule has 0 spiro atoms. The van der Waals surface area contributed by atoms with E-state index in [1.54, 1.807) is 13.0 Å². The molecule has 0 aromatic heterocycles. The Hall–Kier alpha value is -2.28. The van der Waals surface area contributed by atoms with Gasteiger partial charge in [0.15, 0.2) is 11.5 Å². The number of nitrogens with two attached hydrogens (primary N) is 1. The highest BCUT2D eigenvalue weighted by Crippen LogP contribution is 2.25. The summed E-state index contributed by atoms with van der Waals surface area (Å²) in [5.41, 5.74) is 6.35. The molecule has 2 amide bonds. The van der Waals surface area contributed by atoms with Crippen LogP contribution in [0.5, 0.6) is 11.5 Å². The summed E-state index contributed by atoms with van der Waals surface area (Å²) in [5, 5.41) is 23.5. The van der Waals surface area contributed by atoms with Crippen molar-refractivity contribution in [2.24, 2.45) is 5.73 Å². The van der Waals surface area contributed by atoms with E-state index in [4.69, 9.17) is 5.73 Å². The third-order valence-corrected chi connectivity index (χ3v) is 2.83. The molecule has 7 heteroatoms. The summed E-state index contributed by atoms with van der Waals surface area (Å²) in [5.74, 6) is -1.28. The van der Waals surface area contributed by atoms with E-state index in [2.05, 4.69) is 10.6 Å². The van der Waals surface area contributed by atoms with Gasteiger partial charge in [0.2, 0.25) is 11.8 Å².